The third-order valence-electron chi connectivity index (χ3n) is 2.75. The van der Waals surface area contributed by atoms with E-state index in [0.717, 1.165) is 12.5 Å². The van der Waals surface area contributed by atoms with Gasteiger partial charge in [0.05, 0.1) is 0 Å². The molecule has 0 amide bonds. The Morgan fingerprint density at radius 2 is 2.23 bits per heavy atom. The zero-order valence-electron chi connectivity index (χ0n) is 7.83. The Kier molecular flexibility index (Phi) is 2.89. The van der Waals surface area contributed by atoms with E-state index in [1.54, 1.807) is 5.56 Å². The lowest BCUT2D eigenvalue weighted by molar-refractivity contribution is 0.415. The van der Waals surface area contributed by atoms with Crippen molar-refractivity contribution in [3.63, 3.8) is 0 Å². The molecule has 1 aromatic rings. The normalized spacial score (nSPS) is 22.8. The van der Waals surface area contributed by atoms with Gasteiger partial charge in [0.15, 0.2) is 0 Å². The molecule has 2 rings (SSSR count). The molecule has 0 spiro atoms. The number of halogens is 1. The maximum absolute atomic E-state index is 2.43. The first kappa shape index (κ1) is 9.46. The zero-order chi connectivity index (χ0) is 9.26. The van der Waals surface area contributed by atoms with Crippen LogP contribution in [0.1, 0.15) is 30.4 Å². The van der Waals surface area contributed by atoms with Gasteiger partial charge in [-0.05, 0) is 23.5 Å². The molecule has 0 radical (unpaired) electrons. The van der Waals surface area contributed by atoms with Crippen LogP contribution in [0.2, 0.25) is 0 Å². The molecule has 1 aliphatic heterocycles. The Morgan fingerprint density at radius 1 is 1.46 bits per heavy atom. The van der Waals surface area contributed by atoms with Gasteiger partial charge in [0.25, 0.3) is 0 Å². The van der Waals surface area contributed by atoms with Gasteiger partial charge in [-0.2, -0.15) is 0 Å². The standard InChI is InChI=1S/C11H14IN/c1-2-9-7-13(12)8-10-5-3-4-6-11(9)10/h3-6,9H,2,7-8H2,1H3. The van der Waals surface area contributed by atoms with Crippen LogP contribution in [0, 0.1) is 0 Å². The summed E-state index contributed by atoms with van der Waals surface area (Å²) in [6, 6.07) is 8.83. The molecule has 0 aliphatic carbocycles. The fourth-order valence-electron chi connectivity index (χ4n) is 2.01. The van der Waals surface area contributed by atoms with Crippen LogP contribution in [-0.4, -0.2) is 9.66 Å². The topological polar surface area (TPSA) is 3.24 Å². The average molecular weight is 287 g/mol. The first-order chi connectivity index (χ1) is 6.31. The molecule has 1 aromatic carbocycles. The van der Waals surface area contributed by atoms with Gasteiger partial charge < -0.3 is 0 Å². The van der Waals surface area contributed by atoms with E-state index in [4.69, 9.17) is 0 Å². The van der Waals surface area contributed by atoms with Crippen molar-refractivity contribution in [2.24, 2.45) is 0 Å². The lowest BCUT2D eigenvalue weighted by Crippen LogP contribution is -2.25. The van der Waals surface area contributed by atoms with Crippen molar-refractivity contribution in [2.75, 3.05) is 6.54 Å². The van der Waals surface area contributed by atoms with Crippen molar-refractivity contribution in [1.82, 2.24) is 3.11 Å². The molecule has 0 saturated heterocycles. The second-order valence-electron chi connectivity index (χ2n) is 3.61. The van der Waals surface area contributed by atoms with E-state index < -0.39 is 0 Å². The Bertz CT molecular complexity index is 298. The maximum atomic E-state index is 2.43. The molecule has 0 N–H and O–H groups in total. The predicted octanol–water partition coefficient (Wildman–Crippen LogP) is 3.35. The van der Waals surface area contributed by atoms with Crippen molar-refractivity contribution in [3.05, 3.63) is 35.4 Å². The summed E-state index contributed by atoms with van der Waals surface area (Å²) in [5.74, 6) is 0.738. The number of hydrogen-bond donors (Lipinski definition) is 0. The number of nitrogens with zero attached hydrogens (tertiary/aromatic N) is 1. The third kappa shape index (κ3) is 1.89. The molecular formula is C11H14IN. The molecule has 70 valence electrons. The van der Waals surface area contributed by atoms with E-state index in [1.807, 2.05) is 0 Å². The van der Waals surface area contributed by atoms with Crippen molar-refractivity contribution in [3.8, 4) is 0 Å². The highest BCUT2D eigenvalue weighted by Gasteiger charge is 2.21. The van der Waals surface area contributed by atoms with Gasteiger partial charge in [-0.15, -0.1) is 0 Å². The first-order valence-corrected chi connectivity index (χ1v) is 5.76. The van der Waals surface area contributed by atoms with Crippen LogP contribution in [0.4, 0.5) is 0 Å². The van der Waals surface area contributed by atoms with E-state index in [9.17, 15) is 0 Å². The SMILES string of the molecule is CCC1CN(I)Cc2ccccc21. The zero-order valence-corrected chi connectivity index (χ0v) is 9.99. The van der Waals surface area contributed by atoms with Gasteiger partial charge in [-0.3, -0.25) is 0 Å². The molecule has 1 atom stereocenters. The van der Waals surface area contributed by atoms with Gasteiger partial charge >= 0.3 is 0 Å². The van der Waals surface area contributed by atoms with Crippen molar-refractivity contribution in [1.29, 1.82) is 0 Å². The van der Waals surface area contributed by atoms with Crippen LogP contribution in [0.5, 0.6) is 0 Å². The monoisotopic (exact) mass is 287 g/mol. The van der Waals surface area contributed by atoms with Crippen LogP contribution in [-0.2, 0) is 6.54 Å². The van der Waals surface area contributed by atoms with Crippen molar-refractivity contribution < 1.29 is 0 Å². The Labute approximate surface area is 93.6 Å². The molecule has 0 bridgehead atoms. The second kappa shape index (κ2) is 3.96. The van der Waals surface area contributed by atoms with Crippen LogP contribution >= 0.6 is 22.9 Å². The molecule has 0 aromatic heterocycles. The number of benzene rings is 1. The predicted molar refractivity (Wildman–Crippen MR) is 63.9 cm³/mol. The van der Waals surface area contributed by atoms with Crippen molar-refractivity contribution >= 4 is 22.9 Å². The minimum Gasteiger partial charge on any atom is -0.243 e. The van der Waals surface area contributed by atoms with Gasteiger partial charge in [0.2, 0.25) is 0 Å². The van der Waals surface area contributed by atoms with E-state index in [1.165, 1.54) is 18.5 Å². The summed E-state index contributed by atoms with van der Waals surface area (Å²) in [5, 5.41) is 0. The fraction of sp³-hybridized carbons (Fsp3) is 0.455. The minimum atomic E-state index is 0.738. The molecule has 1 unspecified atom stereocenters. The molecule has 0 saturated carbocycles. The van der Waals surface area contributed by atoms with Gasteiger partial charge in [0.1, 0.15) is 0 Å². The van der Waals surface area contributed by atoms with Crippen LogP contribution in [0.3, 0.4) is 0 Å². The quantitative estimate of drug-likeness (QED) is 0.565. The van der Waals surface area contributed by atoms with Gasteiger partial charge in [-0.25, -0.2) is 3.11 Å². The fourth-order valence-corrected chi connectivity index (χ4v) is 2.86. The summed E-state index contributed by atoms with van der Waals surface area (Å²) in [6.07, 6.45) is 1.25. The highest BCUT2D eigenvalue weighted by molar-refractivity contribution is 14.1. The molecule has 13 heavy (non-hydrogen) atoms. The summed E-state index contributed by atoms with van der Waals surface area (Å²) in [7, 11) is 0. The summed E-state index contributed by atoms with van der Waals surface area (Å²) in [4.78, 5) is 0. The van der Waals surface area contributed by atoms with Crippen molar-refractivity contribution in [2.45, 2.75) is 25.8 Å². The third-order valence-corrected chi connectivity index (χ3v) is 3.48. The average Bonchev–Trinajstić information content (AvgIpc) is 2.16. The number of fused-ring (bicyclic) bond motifs is 1. The Hall–Kier alpha value is -0.0900. The van der Waals surface area contributed by atoms with Crippen LogP contribution in [0.25, 0.3) is 0 Å². The van der Waals surface area contributed by atoms with Gasteiger partial charge in [-0.1, -0.05) is 31.2 Å². The molecule has 1 aliphatic rings. The summed E-state index contributed by atoms with van der Waals surface area (Å²) in [5.41, 5.74) is 3.08. The highest BCUT2D eigenvalue weighted by Crippen LogP contribution is 2.31. The maximum Gasteiger partial charge on any atom is 0.0335 e. The molecule has 2 heteroatoms. The lowest BCUT2D eigenvalue weighted by Gasteiger charge is -2.30. The Morgan fingerprint density at radius 3 is 3.00 bits per heavy atom. The van der Waals surface area contributed by atoms with E-state index >= 15 is 0 Å². The van der Waals surface area contributed by atoms with Crippen LogP contribution < -0.4 is 0 Å². The number of hydrogen-bond acceptors (Lipinski definition) is 1. The smallest absolute Gasteiger partial charge is 0.0335 e. The van der Waals surface area contributed by atoms with E-state index in [-0.39, 0.29) is 0 Å². The number of rotatable bonds is 1. The molecule has 0 fully saturated rings. The lowest BCUT2D eigenvalue weighted by atomic mass is 9.89. The summed E-state index contributed by atoms with van der Waals surface area (Å²) >= 11 is 2.43. The summed E-state index contributed by atoms with van der Waals surface area (Å²) < 4.78 is 2.38. The first-order valence-electron chi connectivity index (χ1n) is 4.79. The second-order valence-corrected chi connectivity index (χ2v) is 4.97. The highest BCUT2D eigenvalue weighted by atomic mass is 127. The largest absolute Gasteiger partial charge is 0.243 e. The molecule has 1 nitrogen and oxygen atoms in total. The minimum absolute atomic E-state index is 0.738. The van der Waals surface area contributed by atoms with E-state index in [2.05, 4.69) is 57.2 Å². The van der Waals surface area contributed by atoms with E-state index in [0.29, 0.717) is 0 Å². The van der Waals surface area contributed by atoms with Crippen LogP contribution in [0.15, 0.2) is 24.3 Å². The Balaban J connectivity index is 2.37. The van der Waals surface area contributed by atoms with Gasteiger partial charge in [0, 0.05) is 36.0 Å². The summed E-state index contributed by atoms with van der Waals surface area (Å²) in [6.45, 7) is 4.58. The molecular weight excluding hydrogens is 273 g/mol. The molecule has 1 heterocycles.